The van der Waals surface area contributed by atoms with Gasteiger partial charge in [0, 0.05) is 33.4 Å². The first-order valence-corrected chi connectivity index (χ1v) is 20.6. The summed E-state index contributed by atoms with van der Waals surface area (Å²) in [4.78, 5) is 2.39. The van der Waals surface area contributed by atoms with Gasteiger partial charge in [-0.2, -0.15) is 0 Å². The molecular formula is C58H40N2. The van der Waals surface area contributed by atoms with E-state index >= 15 is 0 Å². The van der Waals surface area contributed by atoms with E-state index < -0.39 is 0 Å². The van der Waals surface area contributed by atoms with E-state index in [0.717, 1.165) is 33.9 Å². The fourth-order valence-electron chi connectivity index (χ4n) is 8.93. The standard InChI is InChI=1S/C58H40N2/c1-3-16-41(17-4-1)46-38-47(40-50(39-46)60-57-28-13-10-24-54(57)55-25-11-14-29-58(55)60)42-30-34-48(35-31-42)59(56-27-12-9-23-53(56)44-18-5-2-6-19-44)49-36-32-45(33-37-49)52-26-15-21-43-20-7-8-22-51(43)52/h1-40H. The van der Waals surface area contributed by atoms with Gasteiger partial charge in [-0.1, -0.05) is 182 Å². The first kappa shape index (κ1) is 35.2. The van der Waals surface area contributed by atoms with E-state index in [1.807, 2.05) is 0 Å². The van der Waals surface area contributed by atoms with Crippen molar-refractivity contribution < 1.29 is 0 Å². The number of para-hydroxylation sites is 3. The minimum atomic E-state index is 1.09. The molecule has 0 atom stereocenters. The summed E-state index contributed by atoms with van der Waals surface area (Å²) in [6.07, 6.45) is 0. The molecule has 0 bridgehead atoms. The van der Waals surface area contributed by atoms with E-state index in [2.05, 4.69) is 252 Å². The largest absolute Gasteiger partial charge is 0.310 e. The minimum absolute atomic E-state index is 1.09. The molecule has 0 saturated carbocycles. The molecule has 11 aromatic rings. The summed E-state index contributed by atoms with van der Waals surface area (Å²) >= 11 is 0. The van der Waals surface area contributed by atoms with E-state index in [4.69, 9.17) is 0 Å². The van der Waals surface area contributed by atoms with Gasteiger partial charge in [-0.05, 0) is 110 Å². The van der Waals surface area contributed by atoms with Crippen LogP contribution in [0.1, 0.15) is 0 Å². The van der Waals surface area contributed by atoms with Crippen molar-refractivity contribution in [2.75, 3.05) is 4.90 Å². The highest BCUT2D eigenvalue weighted by Gasteiger charge is 2.19. The second kappa shape index (κ2) is 15.1. The summed E-state index contributed by atoms with van der Waals surface area (Å²) in [6, 6.07) is 87.9. The lowest BCUT2D eigenvalue weighted by Crippen LogP contribution is -2.11. The summed E-state index contributed by atoms with van der Waals surface area (Å²) in [7, 11) is 0. The highest BCUT2D eigenvalue weighted by molar-refractivity contribution is 6.09. The van der Waals surface area contributed by atoms with Gasteiger partial charge in [0.05, 0.1) is 16.7 Å². The van der Waals surface area contributed by atoms with Crippen molar-refractivity contribution in [2.24, 2.45) is 0 Å². The summed E-state index contributed by atoms with van der Waals surface area (Å²) in [5.74, 6) is 0. The molecule has 60 heavy (non-hydrogen) atoms. The Kier molecular flexibility index (Phi) is 8.87. The van der Waals surface area contributed by atoms with Gasteiger partial charge in [0.25, 0.3) is 0 Å². The van der Waals surface area contributed by atoms with Crippen LogP contribution < -0.4 is 4.90 Å². The van der Waals surface area contributed by atoms with Crippen LogP contribution in [0.25, 0.3) is 82.8 Å². The van der Waals surface area contributed by atoms with Crippen molar-refractivity contribution in [1.29, 1.82) is 0 Å². The van der Waals surface area contributed by atoms with Crippen LogP contribution in [0.4, 0.5) is 17.1 Å². The van der Waals surface area contributed by atoms with Gasteiger partial charge in [-0.3, -0.25) is 0 Å². The fraction of sp³-hybridized carbons (Fsp3) is 0. The number of rotatable bonds is 8. The molecule has 2 heteroatoms. The van der Waals surface area contributed by atoms with E-state index in [1.165, 1.54) is 66.0 Å². The molecule has 0 aliphatic heterocycles. The van der Waals surface area contributed by atoms with Crippen molar-refractivity contribution in [3.05, 3.63) is 243 Å². The van der Waals surface area contributed by atoms with Gasteiger partial charge in [-0.15, -0.1) is 0 Å². The molecule has 0 saturated heterocycles. The zero-order valence-corrected chi connectivity index (χ0v) is 33.0. The van der Waals surface area contributed by atoms with E-state index in [1.54, 1.807) is 0 Å². The lowest BCUT2D eigenvalue weighted by molar-refractivity contribution is 1.18. The SMILES string of the molecule is c1ccc(-c2cc(-c3ccc(N(c4ccc(-c5cccc6ccccc56)cc4)c4ccccc4-c4ccccc4)cc3)cc(-n3c4ccccc4c4ccccc43)c2)cc1. The number of benzene rings is 10. The van der Waals surface area contributed by atoms with Gasteiger partial charge in [0.2, 0.25) is 0 Å². The predicted octanol–water partition coefficient (Wildman–Crippen LogP) is 16.1. The molecule has 0 N–H and O–H groups in total. The molecule has 282 valence electrons. The van der Waals surface area contributed by atoms with E-state index in [9.17, 15) is 0 Å². The number of nitrogens with zero attached hydrogens (tertiary/aromatic N) is 2. The fourth-order valence-corrected chi connectivity index (χ4v) is 8.93. The zero-order chi connectivity index (χ0) is 39.8. The number of fused-ring (bicyclic) bond motifs is 4. The van der Waals surface area contributed by atoms with Gasteiger partial charge >= 0.3 is 0 Å². The van der Waals surface area contributed by atoms with Gasteiger partial charge in [0.15, 0.2) is 0 Å². The van der Waals surface area contributed by atoms with Crippen molar-refractivity contribution in [3.63, 3.8) is 0 Å². The van der Waals surface area contributed by atoms with Crippen molar-refractivity contribution in [2.45, 2.75) is 0 Å². The molecule has 0 amide bonds. The van der Waals surface area contributed by atoms with Gasteiger partial charge in [-0.25, -0.2) is 0 Å². The highest BCUT2D eigenvalue weighted by atomic mass is 15.1. The first-order chi connectivity index (χ1) is 29.8. The number of hydrogen-bond acceptors (Lipinski definition) is 1. The quantitative estimate of drug-likeness (QED) is 0.150. The Balaban J connectivity index is 1.05. The van der Waals surface area contributed by atoms with Crippen LogP contribution in [0.15, 0.2) is 243 Å². The summed E-state index contributed by atoms with van der Waals surface area (Å²) in [5, 5.41) is 5.01. The van der Waals surface area contributed by atoms with E-state index in [-0.39, 0.29) is 0 Å². The third kappa shape index (κ3) is 6.32. The monoisotopic (exact) mass is 764 g/mol. The molecule has 1 heterocycles. The van der Waals surface area contributed by atoms with Crippen LogP contribution in [-0.4, -0.2) is 4.57 Å². The zero-order valence-electron chi connectivity index (χ0n) is 33.0. The number of hydrogen-bond donors (Lipinski definition) is 0. The summed E-state index contributed by atoms with van der Waals surface area (Å²) in [5.41, 5.74) is 16.3. The maximum absolute atomic E-state index is 2.42. The van der Waals surface area contributed by atoms with Gasteiger partial charge in [0.1, 0.15) is 0 Å². The van der Waals surface area contributed by atoms with Gasteiger partial charge < -0.3 is 9.47 Å². The van der Waals surface area contributed by atoms with Crippen LogP contribution in [0.3, 0.4) is 0 Å². The second-order valence-electron chi connectivity index (χ2n) is 15.3. The summed E-state index contributed by atoms with van der Waals surface area (Å²) < 4.78 is 2.42. The van der Waals surface area contributed by atoms with E-state index in [0.29, 0.717) is 0 Å². The molecule has 2 nitrogen and oxygen atoms in total. The maximum atomic E-state index is 2.42. The summed E-state index contributed by atoms with van der Waals surface area (Å²) in [6.45, 7) is 0. The van der Waals surface area contributed by atoms with Crippen molar-refractivity contribution in [1.82, 2.24) is 4.57 Å². The van der Waals surface area contributed by atoms with Crippen LogP contribution in [0.2, 0.25) is 0 Å². The molecule has 1 aromatic heterocycles. The molecular weight excluding hydrogens is 725 g/mol. The van der Waals surface area contributed by atoms with Crippen LogP contribution in [0, 0.1) is 0 Å². The molecule has 0 aliphatic carbocycles. The topological polar surface area (TPSA) is 8.17 Å². The molecule has 0 unspecified atom stereocenters. The Morgan fingerprint density at radius 3 is 1.38 bits per heavy atom. The Morgan fingerprint density at radius 1 is 0.283 bits per heavy atom. The van der Waals surface area contributed by atoms with Crippen LogP contribution in [0.5, 0.6) is 0 Å². The molecule has 0 fully saturated rings. The molecule has 0 spiro atoms. The molecule has 0 radical (unpaired) electrons. The molecule has 0 aliphatic rings. The van der Waals surface area contributed by atoms with Crippen LogP contribution in [-0.2, 0) is 0 Å². The Labute approximate surface area is 350 Å². The average Bonchev–Trinajstić information content (AvgIpc) is 3.67. The maximum Gasteiger partial charge on any atom is 0.0541 e. The Bertz CT molecular complexity index is 3230. The average molecular weight is 765 g/mol. The molecule has 10 aromatic carbocycles. The number of anilines is 3. The minimum Gasteiger partial charge on any atom is -0.310 e. The third-order valence-electron chi connectivity index (χ3n) is 11.8. The smallest absolute Gasteiger partial charge is 0.0541 e. The molecule has 11 rings (SSSR count). The Morgan fingerprint density at radius 2 is 0.733 bits per heavy atom. The third-order valence-corrected chi connectivity index (χ3v) is 11.8. The Hall–Kier alpha value is -7.94. The normalized spacial score (nSPS) is 11.3. The lowest BCUT2D eigenvalue weighted by Gasteiger charge is -2.28. The lowest BCUT2D eigenvalue weighted by atomic mass is 9.96. The van der Waals surface area contributed by atoms with Crippen molar-refractivity contribution in [3.8, 4) is 50.2 Å². The number of aromatic nitrogens is 1. The van der Waals surface area contributed by atoms with Crippen molar-refractivity contribution >= 4 is 49.6 Å². The van der Waals surface area contributed by atoms with Crippen LogP contribution >= 0.6 is 0 Å². The predicted molar refractivity (Wildman–Crippen MR) is 255 cm³/mol. The highest BCUT2D eigenvalue weighted by Crippen LogP contribution is 2.43. The second-order valence-corrected chi connectivity index (χ2v) is 15.3. The first-order valence-electron chi connectivity index (χ1n) is 20.6.